The molecule has 0 radical (unpaired) electrons. The van der Waals surface area contributed by atoms with E-state index >= 15 is 0 Å². The molecule has 3 atom stereocenters. The van der Waals surface area contributed by atoms with Crippen molar-refractivity contribution in [2.75, 3.05) is 39.3 Å². The van der Waals surface area contributed by atoms with Gasteiger partial charge in [-0.2, -0.15) is 0 Å². The fourth-order valence-electron chi connectivity index (χ4n) is 3.37. The van der Waals surface area contributed by atoms with Gasteiger partial charge in [-0.05, 0) is 57.7 Å². The first-order valence-electron chi connectivity index (χ1n) is 7.09. The number of fused-ring (bicyclic) bond motifs is 2. The number of hydrogen-bond acceptors (Lipinski definition) is 4. The molecular weight excluding hydrogens is 214 g/mol. The molecule has 2 aliphatic heterocycles. The van der Waals surface area contributed by atoms with Crippen LogP contribution in [-0.4, -0.2) is 54.9 Å². The molecule has 2 rings (SSSR count). The van der Waals surface area contributed by atoms with E-state index in [2.05, 4.69) is 10.2 Å². The molecule has 2 fully saturated rings. The van der Waals surface area contributed by atoms with Crippen molar-refractivity contribution in [1.82, 2.24) is 10.2 Å². The molecule has 2 bridgehead atoms. The van der Waals surface area contributed by atoms with Gasteiger partial charge in [0.15, 0.2) is 0 Å². The van der Waals surface area contributed by atoms with Gasteiger partial charge in [-0.3, -0.25) is 0 Å². The van der Waals surface area contributed by atoms with E-state index in [1.807, 2.05) is 0 Å². The molecule has 3 unspecified atom stereocenters. The van der Waals surface area contributed by atoms with Crippen molar-refractivity contribution in [3.63, 3.8) is 0 Å². The summed E-state index contributed by atoms with van der Waals surface area (Å²) >= 11 is 0. The predicted octanol–water partition coefficient (Wildman–Crippen LogP) is 0.162. The summed E-state index contributed by atoms with van der Waals surface area (Å²) in [6.45, 7) is 5.84. The van der Waals surface area contributed by atoms with Crippen LogP contribution in [0.3, 0.4) is 0 Å². The van der Waals surface area contributed by atoms with Crippen LogP contribution in [0, 0.1) is 5.92 Å². The molecule has 0 amide bonds. The molecule has 100 valence electrons. The zero-order valence-electron chi connectivity index (χ0n) is 10.8. The third-order valence-corrected chi connectivity index (χ3v) is 4.60. The highest BCUT2D eigenvalue weighted by Gasteiger charge is 2.44. The fraction of sp³-hybridized carbons (Fsp3) is 1.00. The largest absolute Gasteiger partial charge is 0.396 e. The van der Waals surface area contributed by atoms with Crippen molar-refractivity contribution in [3.8, 4) is 0 Å². The monoisotopic (exact) mass is 241 g/mol. The summed E-state index contributed by atoms with van der Waals surface area (Å²) in [4.78, 5) is 2.56. The molecular formula is C13H27N3O. The van der Waals surface area contributed by atoms with Gasteiger partial charge in [0.1, 0.15) is 0 Å². The third-order valence-electron chi connectivity index (χ3n) is 4.60. The van der Waals surface area contributed by atoms with Crippen molar-refractivity contribution >= 4 is 0 Å². The van der Waals surface area contributed by atoms with Gasteiger partial charge in [0.25, 0.3) is 0 Å². The quantitative estimate of drug-likeness (QED) is 0.556. The number of nitrogens with zero attached hydrogens (tertiary/aromatic N) is 1. The number of nitrogens with one attached hydrogen (secondary N) is 1. The number of hydrogen-bond donors (Lipinski definition) is 3. The molecule has 0 saturated carbocycles. The second-order valence-electron chi connectivity index (χ2n) is 5.61. The Bertz CT molecular complexity index is 237. The number of aliphatic hydroxyl groups is 1. The molecule has 0 aromatic carbocycles. The maximum Gasteiger partial charge on any atom is 0.0431 e. The molecule has 2 saturated heterocycles. The van der Waals surface area contributed by atoms with E-state index < -0.39 is 0 Å². The Morgan fingerprint density at radius 3 is 2.94 bits per heavy atom. The topological polar surface area (TPSA) is 61.5 Å². The van der Waals surface area contributed by atoms with Gasteiger partial charge in [-0.25, -0.2) is 0 Å². The highest BCUT2D eigenvalue weighted by molar-refractivity contribution is 5.03. The zero-order valence-corrected chi connectivity index (χ0v) is 10.8. The molecule has 0 aromatic rings. The number of nitrogens with two attached hydrogens (primary N) is 1. The van der Waals surface area contributed by atoms with E-state index in [9.17, 15) is 0 Å². The number of piperidine rings is 1. The Morgan fingerprint density at radius 1 is 1.29 bits per heavy atom. The number of aliphatic hydroxyl groups excluding tert-OH is 1. The van der Waals surface area contributed by atoms with Gasteiger partial charge in [0.05, 0.1) is 0 Å². The first-order chi connectivity index (χ1) is 8.30. The van der Waals surface area contributed by atoms with Crippen LogP contribution < -0.4 is 11.1 Å². The Morgan fingerprint density at radius 2 is 2.18 bits per heavy atom. The van der Waals surface area contributed by atoms with E-state index in [1.165, 1.54) is 32.5 Å². The Hall–Kier alpha value is -0.160. The Balaban J connectivity index is 1.78. The van der Waals surface area contributed by atoms with E-state index in [0.29, 0.717) is 6.61 Å². The number of unbranched alkanes of at least 4 members (excludes halogenated alkanes) is 2. The summed E-state index contributed by atoms with van der Waals surface area (Å²) in [6.07, 6.45) is 5.70. The van der Waals surface area contributed by atoms with Crippen LogP contribution in [0.25, 0.3) is 0 Å². The predicted molar refractivity (Wildman–Crippen MR) is 69.9 cm³/mol. The lowest BCUT2D eigenvalue weighted by Crippen LogP contribution is -2.60. The normalized spacial score (nSPS) is 36.4. The maximum atomic E-state index is 8.75. The zero-order chi connectivity index (χ0) is 12.1. The third kappa shape index (κ3) is 2.99. The minimum absolute atomic E-state index is 0.201. The Labute approximate surface area is 105 Å². The average Bonchev–Trinajstić information content (AvgIpc) is 2.77. The minimum atomic E-state index is 0.201. The lowest BCUT2D eigenvalue weighted by molar-refractivity contribution is 0.136. The second-order valence-corrected chi connectivity index (χ2v) is 5.61. The van der Waals surface area contributed by atoms with E-state index in [0.717, 1.165) is 38.3 Å². The van der Waals surface area contributed by atoms with Gasteiger partial charge >= 0.3 is 0 Å². The van der Waals surface area contributed by atoms with Crippen molar-refractivity contribution < 1.29 is 5.11 Å². The lowest BCUT2D eigenvalue weighted by Gasteiger charge is -2.43. The molecule has 0 aromatic heterocycles. The minimum Gasteiger partial charge on any atom is -0.396 e. The smallest absolute Gasteiger partial charge is 0.0431 e. The van der Waals surface area contributed by atoms with E-state index in [1.54, 1.807) is 0 Å². The molecule has 2 heterocycles. The van der Waals surface area contributed by atoms with Crippen LogP contribution in [-0.2, 0) is 0 Å². The number of rotatable bonds is 7. The fourth-order valence-corrected chi connectivity index (χ4v) is 3.37. The first kappa shape index (κ1) is 13.3. The summed E-state index contributed by atoms with van der Waals surface area (Å²) in [5.41, 5.74) is 6.24. The van der Waals surface area contributed by atoms with Crippen molar-refractivity contribution in [3.05, 3.63) is 0 Å². The standard InChI is InChI=1S/C13H27N3O/c14-11-13(15-6-2-1-3-9-17)5-8-16-7-4-12(13)10-16/h12,15,17H,1-11,14H2. The Kier molecular flexibility index (Phi) is 4.79. The summed E-state index contributed by atoms with van der Waals surface area (Å²) in [5, 5.41) is 12.5. The van der Waals surface area contributed by atoms with E-state index in [4.69, 9.17) is 10.8 Å². The van der Waals surface area contributed by atoms with Gasteiger partial charge < -0.3 is 21.1 Å². The molecule has 4 nitrogen and oxygen atoms in total. The van der Waals surface area contributed by atoms with Crippen molar-refractivity contribution in [2.24, 2.45) is 11.7 Å². The van der Waals surface area contributed by atoms with Crippen LogP contribution >= 0.6 is 0 Å². The van der Waals surface area contributed by atoms with Gasteiger partial charge in [-0.1, -0.05) is 0 Å². The molecule has 4 N–H and O–H groups in total. The van der Waals surface area contributed by atoms with Crippen LogP contribution in [0.15, 0.2) is 0 Å². The highest BCUT2D eigenvalue weighted by atomic mass is 16.2. The van der Waals surface area contributed by atoms with Crippen LogP contribution in [0.1, 0.15) is 32.1 Å². The first-order valence-corrected chi connectivity index (χ1v) is 7.09. The second kappa shape index (κ2) is 6.14. The molecule has 17 heavy (non-hydrogen) atoms. The lowest BCUT2D eigenvalue weighted by atomic mass is 9.78. The summed E-state index contributed by atoms with van der Waals surface area (Å²) in [5.74, 6) is 0.749. The summed E-state index contributed by atoms with van der Waals surface area (Å²) in [6, 6.07) is 0. The molecule has 0 spiro atoms. The summed E-state index contributed by atoms with van der Waals surface area (Å²) < 4.78 is 0. The SMILES string of the molecule is NCC1(NCCCCCO)CCN2CCC1C2. The molecule has 0 aliphatic carbocycles. The average molecular weight is 241 g/mol. The van der Waals surface area contributed by atoms with Crippen LogP contribution in [0.5, 0.6) is 0 Å². The van der Waals surface area contributed by atoms with Gasteiger partial charge in [-0.15, -0.1) is 0 Å². The molecule has 2 aliphatic rings. The molecule has 4 heteroatoms. The highest BCUT2D eigenvalue weighted by Crippen LogP contribution is 2.34. The van der Waals surface area contributed by atoms with E-state index in [-0.39, 0.29) is 5.54 Å². The maximum absolute atomic E-state index is 8.75. The van der Waals surface area contributed by atoms with Crippen molar-refractivity contribution in [2.45, 2.75) is 37.6 Å². The summed E-state index contributed by atoms with van der Waals surface area (Å²) in [7, 11) is 0. The van der Waals surface area contributed by atoms with Gasteiger partial charge in [0.2, 0.25) is 0 Å². The van der Waals surface area contributed by atoms with Crippen LogP contribution in [0.4, 0.5) is 0 Å². The van der Waals surface area contributed by atoms with Crippen LogP contribution in [0.2, 0.25) is 0 Å². The van der Waals surface area contributed by atoms with Crippen molar-refractivity contribution in [1.29, 1.82) is 0 Å². The van der Waals surface area contributed by atoms with Gasteiger partial charge in [0, 0.05) is 25.2 Å².